The highest BCUT2D eigenvalue weighted by Crippen LogP contribution is 2.44. The average Bonchev–Trinajstić information content (AvgIpc) is 3.00. The molecule has 1 fully saturated rings. The van der Waals surface area contributed by atoms with Crippen molar-refractivity contribution in [2.75, 3.05) is 4.90 Å². The summed E-state index contributed by atoms with van der Waals surface area (Å²) in [6.45, 7) is 7.83. The molecule has 12 heteroatoms. The fourth-order valence-electron chi connectivity index (χ4n) is 2.88. The second-order valence-corrected chi connectivity index (χ2v) is 6.04. The van der Waals surface area contributed by atoms with Crippen LogP contribution in [0.4, 0.5) is 42.5 Å². The molecule has 0 N–H and O–H groups in total. The van der Waals surface area contributed by atoms with Gasteiger partial charge in [0.2, 0.25) is 0 Å². The van der Waals surface area contributed by atoms with E-state index in [2.05, 4.69) is 9.95 Å². The first kappa shape index (κ1) is 18.7. The first-order valence-corrected chi connectivity index (χ1v) is 7.23. The SMILES string of the molecule is [C-]#[N+]c1ccc(N2C(=O)N3N=C(C(F)(F)F)CC3(C)C2=O)cc1C(F)(F)F. The van der Waals surface area contributed by atoms with E-state index in [0.717, 1.165) is 19.1 Å². The zero-order valence-corrected chi connectivity index (χ0v) is 13.3. The number of halogens is 6. The molecule has 6 nitrogen and oxygen atoms in total. The molecule has 3 amide bonds. The van der Waals surface area contributed by atoms with Crippen molar-refractivity contribution >= 4 is 29.0 Å². The number of rotatable bonds is 1. The van der Waals surface area contributed by atoms with Crippen molar-refractivity contribution in [3.05, 3.63) is 35.2 Å². The Morgan fingerprint density at radius 2 is 1.78 bits per heavy atom. The number of imide groups is 1. The average molecular weight is 390 g/mol. The number of amides is 3. The van der Waals surface area contributed by atoms with E-state index in [1.807, 2.05) is 0 Å². The van der Waals surface area contributed by atoms with Crippen LogP contribution in [0.3, 0.4) is 0 Å². The summed E-state index contributed by atoms with van der Waals surface area (Å²) < 4.78 is 77.8. The minimum Gasteiger partial charge on any atom is -0.271 e. The maximum atomic E-state index is 13.1. The van der Waals surface area contributed by atoms with E-state index in [4.69, 9.17) is 6.57 Å². The van der Waals surface area contributed by atoms with Crippen molar-refractivity contribution in [3.8, 4) is 0 Å². The Morgan fingerprint density at radius 1 is 1.15 bits per heavy atom. The second kappa shape index (κ2) is 5.45. The number of nitrogens with zero attached hydrogens (tertiary/aromatic N) is 4. The summed E-state index contributed by atoms with van der Waals surface area (Å²) in [5.74, 6) is -1.14. The number of hydrogen-bond donors (Lipinski definition) is 0. The van der Waals surface area contributed by atoms with Crippen LogP contribution in [0.15, 0.2) is 23.3 Å². The van der Waals surface area contributed by atoms with Crippen molar-refractivity contribution in [1.29, 1.82) is 0 Å². The second-order valence-electron chi connectivity index (χ2n) is 6.04. The Hall–Kier alpha value is -3.10. The fourth-order valence-corrected chi connectivity index (χ4v) is 2.88. The molecule has 1 atom stereocenters. The van der Waals surface area contributed by atoms with Crippen LogP contribution in [-0.2, 0) is 11.0 Å². The Balaban J connectivity index is 2.07. The lowest BCUT2D eigenvalue weighted by Gasteiger charge is -2.20. The van der Waals surface area contributed by atoms with Crippen molar-refractivity contribution in [2.45, 2.75) is 31.2 Å². The van der Waals surface area contributed by atoms with Crippen LogP contribution in [-0.4, -0.2) is 34.4 Å². The lowest BCUT2D eigenvalue weighted by atomic mass is 9.95. The van der Waals surface area contributed by atoms with Gasteiger partial charge in [-0.05, 0) is 19.1 Å². The molecule has 0 aromatic heterocycles. The van der Waals surface area contributed by atoms with Gasteiger partial charge in [0.15, 0.2) is 11.2 Å². The van der Waals surface area contributed by atoms with Crippen LogP contribution in [0, 0.1) is 6.57 Å². The molecular weight excluding hydrogens is 382 g/mol. The van der Waals surface area contributed by atoms with E-state index in [1.165, 1.54) is 0 Å². The topological polar surface area (TPSA) is 57.3 Å². The number of urea groups is 1. The number of hydrazone groups is 1. The number of alkyl halides is 6. The molecule has 0 aliphatic carbocycles. The maximum absolute atomic E-state index is 13.1. The first-order valence-electron chi connectivity index (χ1n) is 7.23. The number of anilines is 1. The maximum Gasteiger partial charge on any atom is 0.431 e. The van der Waals surface area contributed by atoms with Gasteiger partial charge in [0, 0.05) is 6.42 Å². The van der Waals surface area contributed by atoms with Crippen LogP contribution in [0.2, 0.25) is 0 Å². The number of fused-ring (bicyclic) bond motifs is 1. The molecule has 1 aromatic rings. The van der Waals surface area contributed by atoms with E-state index in [0.29, 0.717) is 16.0 Å². The molecule has 2 aliphatic rings. The van der Waals surface area contributed by atoms with Gasteiger partial charge in [0.1, 0.15) is 5.71 Å². The number of carbonyl (C=O) groups excluding carboxylic acids is 2. The summed E-state index contributed by atoms with van der Waals surface area (Å²) in [7, 11) is 0. The minimum absolute atomic E-state index is 0.328. The van der Waals surface area contributed by atoms with E-state index in [9.17, 15) is 35.9 Å². The van der Waals surface area contributed by atoms with E-state index >= 15 is 0 Å². The van der Waals surface area contributed by atoms with Crippen molar-refractivity contribution in [3.63, 3.8) is 0 Å². The van der Waals surface area contributed by atoms with Gasteiger partial charge < -0.3 is 0 Å². The van der Waals surface area contributed by atoms with E-state index in [-0.39, 0.29) is 0 Å². The Labute approximate surface area is 147 Å². The molecule has 2 aliphatic heterocycles. The molecule has 1 unspecified atom stereocenters. The fraction of sp³-hybridized carbons (Fsp3) is 0.333. The monoisotopic (exact) mass is 390 g/mol. The highest BCUT2D eigenvalue weighted by molar-refractivity contribution is 6.25. The van der Waals surface area contributed by atoms with Crippen LogP contribution >= 0.6 is 0 Å². The van der Waals surface area contributed by atoms with Gasteiger partial charge in [0.05, 0.1) is 17.8 Å². The van der Waals surface area contributed by atoms with Crippen LogP contribution < -0.4 is 4.90 Å². The molecular formula is C15H8F6N4O2. The van der Waals surface area contributed by atoms with Gasteiger partial charge >= 0.3 is 18.4 Å². The predicted octanol–water partition coefficient (Wildman–Crippen LogP) is 4.11. The summed E-state index contributed by atoms with van der Waals surface area (Å²) in [5.41, 5.74) is -5.93. The van der Waals surface area contributed by atoms with Crippen LogP contribution in [0.25, 0.3) is 4.85 Å². The summed E-state index contributed by atoms with van der Waals surface area (Å²) >= 11 is 0. The van der Waals surface area contributed by atoms with Gasteiger partial charge in [-0.1, -0.05) is 6.07 Å². The number of benzene rings is 1. The Morgan fingerprint density at radius 3 is 2.26 bits per heavy atom. The smallest absolute Gasteiger partial charge is 0.271 e. The first-order chi connectivity index (χ1) is 12.3. The van der Waals surface area contributed by atoms with E-state index < -0.39 is 58.9 Å². The highest BCUT2D eigenvalue weighted by atomic mass is 19.4. The van der Waals surface area contributed by atoms with Crippen molar-refractivity contribution in [2.24, 2.45) is 5.10 Å². The molecule has 27 heavy (non-hydrogen) atoms. The largest absolute Gasteiger partial charge is 0.431 e. The van der Waals surface area contributed by atoms with E-state index in [1.54, 1.807) is 0 Å². The predicted molar refractivity (Wildman–Crippen MR) is 78.9 cm³/mol. The van der Waals surface area contributed by atoms with Crippen LogP contribution in [0.5, 0.6) is 0 Å². The number of hydrogen-bond acceptors (Lipinski definition) is 3. The summed E-state index contributed by atoms with van der Waals surface area (Å²) in [6.07, 6.45) is -10.7. The van der Waals surface area contributed by atoms with Gasteiger partial charge in [-0.3, -0.25) is 4.79 Å². The van der Waals surface area contributed by atoms with Crippen molar-refractivity contribution in [1.82, 2.24) is 5.01 Å². The Bertz CT molecular complexity index is 930. The summed E-state index contributed by atoms with van der Waals surface area (Å²) in [5, 5.41) is 3.47. The number of carbonyl (C=O) groups is 2. The Kier molecular flexibility index (Phi) is 3.77. The minimum atomic E-state index is -4.93. The van der Waals surface area contributed by atoms with Gasteiger partial charge in [0.25, 0.3) is 5.91 Å². The molecule has 3 rings (SSSR count). The molecule has 142 valence electrons. The standard InChI is InChI=1S/C15H8F6N4O2/c1-13-6-10(15(19,20)21)23-25(13)12(27)24(11(13)26)7-3-4-9(22-2)8(5-7)14(16,17)18/h3-5H,6H2,1H3. The van der Waals surface area contributed by atoms with Crippen LogP contribution in [0.1, 0.15) is 18.9 Å². The molecule has 0 spiro atoms. The van der Waals surface area contributed by atoms with Crippen molar-refractivity contribution < 1.29 is 35.9 Å². The summed E-state index contributed by atoms with van der Waals surface area (Å²) in [6, 6.07) is 0.856. The normalized spacial score (nSPS) is 22.8. The molecule has 1 aromatic carbocycles. The quantitative estimate of drug-likeness (QED) is 0.412. The molecule has 0 saturated carbocycles. The molecule has 2 heterocycles. The third-order valence-corrected chi connectivity index (χ3v) is 4.23. The lowest BCUT2D eigenvalue weighted by molar-refractivity contribution is -0.137. The van der Waals surface area contributed by atoms with Gasteiger partial charge in [-0.2, -0.15) is 36.5 Å². The van der Waals surface area contributed by atoms with Gasteiger partial charge in [-0.15, -0.1) is 0 Å². The third kappa shape index (κ3) is 2.70. The third-order valence-electron chi connectivity index (χ3n) is 4.23. The highest BCUT2D eigenvalue weighted by Gasteiger charge is 2.62. The van der Waals surface area contributed by atoms with Gasteiger partial charge in [-0.25, -0.2) is 14.5 Å². The zero-order valence-electron chi connectivity index (χ0n) is 13.3. The lowest BCUT2D eigenvalue weighted by Crippen LogP contribution is -2.43. The molecule has 0 radical (unpaired) electrons. The molecule has 0 bridgehead atoms. The zero-order chi connectivity index (χ0) is 20.4. The summed E-state index contributed by atoms with van der Waals surface area (Å²) in [4.78, 5) is 28.1. The molecule has 1 saturated heterocycles.